The van der Waals surface area contributed by atoms with Gasteiger partial charge in [-0.25, -0.2) is 21.1 Å². The van der Waals surface area contributed by atoms with Crippen LogP contribution >= 0.6 is 0 Å². The average Bonchev–Trinajstić information content (AvgIpc) is 2.65. The predicted molar refractivity (Wildman–Crippen MR) is 62.5 cm³/mol. The monoisotopic (exact) mass is 270 g/mol. The maximum atomic E-state index is 11.9. The van der Waals surface area contributed by atoms with Gasteiger partial charge in [0.05, 0.1) is 11.0 Å². The summed E-state index contributed by atoms with van der Waals surface area (Å²) in [5, 5.41) is 2.56. The van der Waals surface area contributed by atoms with Gasteiger partial charge in [-0.15, -0.1) is 0 Å². The SMILES string of the molecule is CN(CCS(C)(=O)=O)S(=O)(=O)C1CCNC1. The fraction of sp³-hybridized carbons (Fsp3) is 1.00. The lowest BCUT2D eigenvalue weighted by Gasteiger charge is -2.20. The molecule has 0 saturated carbocycles. The highest BCUT2D eigenvalue weighted by molar-refractivity contribution is 7.91. The van der Waals surface area contributed by atoms with Crippen molar-refractivity contribution in [2.75, 3.05) is 38.7 Å². The Morgan fingerprint density at radius 3 is 2.38 bits per heavy atom. The third-order valence-electron chi connectivity index (χ3n) is 2.65. The molecule has 0 aromatic rings. The molecule has 0 aromatic carbocycles. The van der Waals surface area contributed by atoms with Crippen LogP contribution in [-0.4, -0.2) is 65.1 Å². The van der Waals surface area contributed by atoms with Crippen LogP contribution in [-0.2, 0) is 19.9 Å². The lowest BCUT2D eigenvalue weighted by atomic mass is 10.4. The highest BCUT2D eigenvalue weighted by Crippen LogP contribution is 2.13. The van der Waals surface area contributed by atoms with Gasteiger partial charge in [0.1, 0.15) is 9.84 Å². The maximum Gasteiger partial charge on any atom is 0.218 e. The minimum Gasteiger partial charge on any atom is -0.315 e. The lowest BCUT2D eigenvalue weighted by Crippen LogP contribution is -2.39. The van der Waals surface area contributed by atoms with Gasteiger partial charge in [-0.05, 0) is 13.0 Å². The first kappa shape index (κ1) is 13.9. The molecule has 1 fully saturated rings. The first-order chi connectivity index (χ1) is 7.23. The van der Waals surface area contributed by atoms with Gasteiger partial charge in [0.2, 0.25) is 10.0 Å². The van der Waals surface area contributed by atoms with Gasteiger partial charge in [-0.3, -0.25) is 0 Å². The van der Waals surface area contributed by atoms with E-state index in [-0.39, 0.29) is 12.3 Å². The van der Waals surface area contributed by atoms with Crippen molar-refractivity contribution in [3.63, 3.8) is 0 Å². The van der Waals surface area contributed by atoms with Gasteiger partial charge < -0.3 is 5.32 Å². The molecule has 6 nitrogen and oxygen atoms in total. The third kappa shape index (κ3) is 3.69. The summed E-state index contributed by atoms with van der Waals surface area (Å²) in [5.74, 6) is -0.136. The van der Waals surface area contributed by atoms with Crippen molar-refractivity contribution in [2.24, 2.45) is 0 Å². The van der Waals surface area contributed by atoms with Gasteiger partial charge in [-0.1, -0.05) is 0 Å². The van der Waals surface area contributed by atoms with Crippen LogP contribution in [0.1, 0.15) is 6.42 Å². The highest BCUT2D eigenvalue weighted by atomic mass is 32.2. The Hall–Kier alpha value is -0.180. The van der Waals surface area contributed by atoms with E-state index in [0.29, 0.717) is 19.5 Å². The van der Waals surface area contributed by atoms with Gasteiger partial charge in [0.15, 0.2) is 0 Å². The first-order valence-corrected chi connectivity index (χ1v) is 8.63. The third-order valence-corrected chi connectivity index (χ3v) is 5.87. The van der Waals surface area contributed by atoms with Gasteiger partial charge >= 0.3 is 0 Å². The molecule has 1 saturated heterocycles. The van der Waals surface area contributed by atoms with Gasteiger partial charge in [-0.2, -0.15) is 0 Å². The van der Waals surface area contributed by atoms with E-state index in [1.807, 2.05) is 0 Å². The van der Waals surface area contributed by atoms with E-state index in [2.05, 4.69) is 5.32 Å². The van der Waals surface area contributed by atoms with Gasteiger partial charge in [0, 0.05) is 26.4 Å². The van der Waals surface area contributed by atoms with Crippen molar-refractivity contribution in [1.82, 2.24) is 9.62 Å². The fourth-order valence-corrected chi connectivity index (χ4v) is 3.88. The topological polar surface area (TPSA) is 83.6 Å². The molecular weight excluding hydrogens is 252 g/mol. The van der Waals surface area contributed by atoms with Crippen LogP contribution in [0, 0.1) is 0 Å². The van der Waals surface area contributed by atoms with E-state index in [9.17, 15) is 16.8 Å². The second-order valence-corrected chi connectivity index (χ2v) is 8.69. The summed E-state index contributed by atoms with van der Waals surface area (Å²) in [4.78, 5) is 0. The van der Waals surface area contributed by atoms with Crippen LogP contribution in [0.2, 0.25) is 0 Å². The maximum absolute atomic E-state index is 11.9. The van der Waals surface area contributed by atoms with E-state index in [1.165, 1.54) is 7.05 Å². The molecule has 16 heavy (non-hydrogen) atoms. The zero-order valence-electron chi connectivity index (χ0n) is 9.51. The molecule has 0 bridgehead atoms. The molecule has 0 radical (unpaired) electrons. The zero-order chi connectivity index (χ0) is 12.4. The Bertz CT molecular complexity index is 423. The molecule has 0 aliphatic carbocycles. The fourth-order valence-electron chi connectivity index (χ4n) is 1.56. The average molecular weight is 270 g/mol. The molecule has 8 heteroatoms. The number of sulfonamides is 1. The molecule has 1 aliphatic heterocycles. The highest BCUT2D eigenvalue weighted by Gasteiger charge is 2.32. The van der Waals surface area contributed by atoms with E-state index < -0.39 is 25.1 Å². The molecule has 1 atom stereocenters. The Morgan fingerprint density at radius 1 is 1.31 bits per heavy atom. The summed E-state index contributed by atoms with van der Waals surface area (Å²) in [6, 6.07) is 0. The van der Waals surface area contributed by atoms with Crippen LogP contribution in [0.4, 0.5) is 0 Å². The Kier molecular flexibility index (Phi) is 4.33. The Labute approximate surface area is 97.0 Å². The molecule has 1 aliphatic rings. The molecule has 1 rings (SSSR count). The van der Waals surface area contributed by atoms with Crippen molar-refractivity contribution in [3.05, 3.63) is 0 Å². The molecule has 0 aromatic heterocycles. The van der Waals surface area contributed by atoms with E-state index in [4.69, 9.17) is 0 Å². The van der Waals surface area contributed by atoms with Crippen LogP contribution in [0.25, 0.3) is 0 Å². The normalized spacial score (nSPS) is 22.8. The summed E-state index contributed by atoms with van der Waals surface area (Å²) >= 11 is 0. The summed E-state index contributed by atoms with van der Waals surface area (Å²) in [6.07, 6.45) is 1.69. The number of sulfone groups is 1. The quantitative estimate of drug-likeness (QED) is 0.668. The predicted octanol–water partition coefficient (Wildman–Crippen LogP) is -1.35. The van der Waals surface area contributed by atoms with Crippen LogP contribution < -0.4 is 5.32 Å². The van der Waals surface area contributed by atoms with Crippen LogP contribution in [0.5, 0.6) is 0 Å². The Balaban J connectivity index is 2.61. The van der Waals surface area contributed by atoms with Crippen molar-refractivity contribution in [2.45, 2.75) is 11.7 Å². The van der Waals surface area contributed by atoms with Crippen molar-refractivity contribution in [3.8, 4) is 0 Å². The summed E-state index contributed by atoms with van der Waals surface area (Å²) < 4.78 is 46.9. The molecule has 1 N–H and O–H groups in total. The standard InChI is InChI=1S/C8H18N2O4S2/c1-10(5-6-15(2,11)12)16(13,14)8-3-4-9-7-8/h8-9H,3-7H2,1-2H3. The number of hydrogen-bond acceptors (Lipinski definition) is 5. The molecule has 0 amide bonds. The molecule has 96 valence electrons. The molecule has 1 heterocycles. The van der Waals surface area contributed by atoms with Gasteiger partial charge in [0.25, 0.3) is 0 Å². The van der Waals surface area contributed by atoms with E-state index in [1.54, 1.807) is 0 Å². The summed E-state index contributed by atoms with van der Waals surface area (Å²) in [6.45, 7) is 1.17. The van der Waals surface area contributed by atoms with Crippen molar-refractivity contribution >= 4 is 19.9 Å². The molecule has 0 spiro atoms. The summed E-state index contributed by atoms with van der Waals surface area (Å²) in [7, 11) is -5.05. The Morgan fingerprint density at radius 2 is 1.94 bits per heavy atom. The van der Waals surface area contributed by atoms with Crippen LogP contribution in [0.15, 0.2) is 0 Å². The number of rotatable bonds is 5. The van der Waals surface area contributed by atoms with Crippen molar-refractivity contribution in [1.29, 1.82) is 0 Å². The lowest BCUT2D eigenvalue weighted by molar-refractivity contribution is 0.474. The number of nitrogens with zero attached hydrogens (tertiary/aromatic N) is 1. The largest absolute Gasteiger partial charge is 0.315 e. The second-order valence-electron chi connectivity index (χ2n) is 4.11. The molecule has 1 unspecified atom stereocenters. The smallest absolute Gasteiger partial charge is 0.218 e. The number of nitrogens with one attached hydrogen (secondary N) is 1. The minimum atomic E-state index is -3.35. The minimum absolute atomic E-state index is 0.0255. The zero-order valence-corrected chi connectivity index (χ0v) is 11.1. The van der Waals surface area contributed by atoms with E-state index >= 15 is 0 Å². The first-order valence-electron chi connectivity index (χ1n) is 5.07. The van der Waals surface area contributed by atoms with E-state index in [0.717, 1.165) is 10.6 Å². The summed E-state index contributed by atoms with van der Waals surface area (Å²) in [5.41, 5.74) is 0. The second kappa shape index (κ2) is 4.99. The van der Waals surface area contributed by atoms with Crippen molar-refractivity contribution < 1.29 is 16.8 Å². The van der Waals surface area contributed by atoms with Crippen LogP contribution in [0.3, 0.4) is 0 Å². The number of hydrogen-bond donors (Lipinski definition) is 1. The molecular formula is C8H18N2O4S2.